The van der Waals surface area contributed by atoms with E-state index in [0.29, 0.717) is 19.4 Å². The highest BCUT2D eigenvalue weighted by molar-refractivity contribution is 7.80. The summed E-state index contributed by atoms with van der Waals surface area (Å²) in [4.78, 5) is 22.8. The van der Waals surface area contributed by atoms with E-state index in [1.807, 2.05) is 13.8 Å². The number of carbonyl (C=O) groups is 2. The van der Waals surface area contributed by atoms with E-state index in [-0.39, 0.29) is 11.2 Å². The van der Waals surface area contributed by atoms with Crippen LogP contribution in [-0.2, 0) is 9.59 Å². The predicted molar refractivity (Wildman–Crippen MR) is 51.1 cm³/mol. The summed E-state index contributed by atoms with van der Waals surface area (Å²) in [5.41, 5.74) is 0. The second-order valence-electron chi connectivity index (χ2n) is 2.75. The van der Waals surface area contributed by atoms with Crippen LogP contribution in [0.1, 0.15) is 26.7 Å². The van der Waals surface area contributed by atoms with E-state index in [9.17, 15) is 9.59 Å². The molecule has 0 radical (unpaired) electrons. The fraction of sp³-hybridized carbons (Fsp3) is 0.750. The summed E-state index contributed by atoms with van der Waals surface area (Å²) in [5, 5.41) is 0.0109. The van der Waals surface area contributed by atoms with Crippen LogP contribution < -0.4 is 0 Å². The molecule has 0 saturated carbocycles. The van der Waals surface area contributed by atoms with Gasteiger partial charge in [-0.25, -0.2) is 0 Å². The zero-order chi connectivity index (χ0) is 9.56. The first-order valence-corrected chi connectivity index (χ1v) is 4.56. The summed E-state index contributed by atoms with van der Waals surface area (Å²) in [6, 6.07) is 0. The van der Waals surface area contributed by atoms with Gasteiger partial charge in [-0.1, -0.05) is 13.8 Å². The van der Waals surface area contributed by atoms with E-state index < -0.39 is 0 Å². The molecule has 0 aliphatic heterocycles. The smallest absolute Gasteiger partial charge is 0.230 e. The molecule has 0 fully saturated rings. The first-order chi connectivity index (χ1) is 5.61. The van der Waals surface area contributed by atoms with Crippen LogP contribution in [0.2, 0.25) is 0 Å². The third-order valence-electron chi connectivity index (χ3n) is 1.38. The Bertz CT molecular complexity index is 159. The van der Waals surface area contributed by atoms with Crippen molar-refractivity contribution in [3.8, 4) is 0 Å². The van der Waals surface area contributed by atoms with Crippen molar-refractivity contribution in [1.82, 2.24) is 4.90 Å². The first kappa shape index (κ1) is 11.5. The molecule has 0 bridgehead atoms. The van der Waals surface area contributed by atoms with Crippen LogP contribution >= 0.6 is 12.6 Å². The van der Waals surface area contributed by atoms with Crippen molar-refractivity contribution in [2.24, 2.45) is 0 Å². The number of amides is 2. The topological polar surface area (TPSA) is 37.4 Å². The Labute approximate surface area is 78.5 Å². The molecule has 0 rings (SSSR count). The van der Waals surface area contributed by atoms with E-state index in [4.69, 9.17) is 0 Å². The van der Waals surface area contributed by atoms with Gasteiger partial charge in [0.2, 0.25) is 12.3 Å². The standard InChI is InChI=1S/C8H15NO2S/c1-3-4-9(6-10)8(11)5-7(2)12/h6-7,12H,3-5H2,1-2H3. The van der Waals surface area contributed by atoms with Gasteiger partial charge < -0.3 is 0 Å². The number of thiol groups is 1. The van der Waals surface area contributed by atoms with Gasteiger partial charge in [-0.2, -0.15) is 12.6 Å². The van der Waals surface area contributed by atoms with Crippen molar-refractivity contribution in [3.63, 3.8) is 0 Å². The van der Waals surface area contributed by atoms with Gasteiger partial charge in [0.05, 0.1) is 0 Å². The minimum atomic E-state index is -0.144. The molecular formula is C8H15NO2S. The first-order valence-electron chi connectivity index (χ1n) is 4.04. The summed E-state index contributed by atoms with van der Waals surface area (Å²) in [6.07, 6.45) is 1.70. The molecule has 0 aliphatic rings. The Hall–Kier alpha value is -0.510. The molecule has 12 heavy (non-hydrogen) atoms. The molecular weight excluding hydrogens is 174 g/mol. The van der Waals surface area contributed by atoms with Gasteiger partial charge in [-0.3, -0.25) is 14.5 Å². The molecule has 0 aliphatic carbocycles. The molecule has 70 valence electrons. The Morgan fingerprint density at radius 2 is 2.25 bits per heavy atom. The van der Waals surface area contributed by atoms with Crippen LogP contribution in [0.4, 0.5) is 0 Å². The summed E-state index contributed by atoms with van der Waals surface area (Å²) in [6.45, 7) is 4.26. The Balaban J connectivity index is 3.93. The van der Waals surface area contributed by atoms with Crippen molar-refractivity contribution in [2.75, 3.05) is 6.54 Å². The number of imide groups is 1. The average molecular weight is 189 g/mol. The van der Waals surface area contributed by atoms with Crippen LogP contribution in [-0.4, -0.2) is 29.0 Å². The normalized spacial score (nSPS) is 12.2. The maximum Gasteiger partial charge on any atom is 0.230 e. The predicted octanol–water partition coefficient (Wildman–Crippen LogP) is 1.09. The van der Waals surface area contributed by atoms with Crippen molar-refractivity contribution < 1.29 is 9.59 Å². The summed E-state index contributed by atoms with van der Waals surface area (Å²) in [7, 11) is 0. The molecule has 1 unspecified atom stereocenters. The molecule has 0 saturated heterocycles. The zero-order valence-corrected chi connectivity index (χ0v) is 8.38. The highest BCUT2D eigenvalue weighted by atomic mass is 32.1. The Morgan fingerprint density at radius 3 is 2.58 bits per heavy atom. The molecule has 0 heterocycles. The molecule has 3 nitrogen and oxygen atoms in total. The molecule has 2 amide bonds. The van der Waals surface area contributed by atoms with Gasteiger partial charge in [-0.15, -0.1) is 0 Å². The van der Waals surface area contributed by atoms with Crippen LogP contribution in [0.3, 0.4) is 0 Å². The largest absolute Gasteiger partial charge is 0.285 e. The second-order valence-corrected chi connectivity index (χ2v) is 3.63. The van der Waals surface area contributed by atoms with Gasteiger partial charge in [0.1, 0.15) is 0 Å². The highest BCUT2D eigenvalue weighted by Crippen LogP contribution is 2.02. The van der Waals surface area contributed by atoms with Gasteiger partial charge in [0.15, 0.2) is 0 Å². The van der Waals surface area contributed by atoms with E-state index in [2.05, 4.69) is 12.6 Å². The molecule has 4 heteroatoms. The lowest BCUT2D eigenvalue weighted by atomic mass is 10.3. The molecule has 0 spiro atoms. The van der Waals surface area contributed by atoms with Crippen LogP contribution in [0, 0.1) is 0 Å². The number of hydrogen-bond donors (Lipinski definition) is 1. The van der Waals surface area contributed by atoms with Crippen LogP contribution in [0.15, 0.2) is 0 Å². The van der Waals surface area contributed by atoms with Crippen molar-refractivity contribution >= 4 is 24.9 Å². The second kappa shape index (κ2) is 6.06. The maximum atomic E-state index is 11.2. The quantitative estimate of drug-likeness (QED) is 0.519. The number of carbonyl (C=O) groups excluding carboxylic acids is 2. The monoisotopic (exact) mass is 189 g/mol. The van der Waals surface area contributed by atoms with E-state index in [1.165, 1.54) is 4.90 Å². The zero-order valence-electron chi connectivity index (χ0n) is 7.49. The lowest BCUT2D eigenvalue weighted by molar-refractivity contribution is -0.138. The maximum absolute atomic E-state index is 11.2. The fourth-order valence-electron chi connectivity index (χ4n) is 0.847. The van der Waals surface area contributed by atoms with E-state index in [0.717, 1.165) is 6.42 Å². The third-order valence-corrected chi connectivity index (χ3v) is 1.56. The number of rotatable bonds is 5. The molecule has 1 atom stereocenters. The van der Waals surface area contributed by atoms with Gasteiger partial charge in [0.25, 0.3) is 0 Å². The summed E-state index contributed by atoms with van der Waals surface area (Å²) < 4.78 is 0. The van der Waals surface area contributed by atoms with Crippen LogP contribution in [0.25, 0.3) is 0 Å². The molecule has 0 N–H and O–H groups in total. The highest BCUT2D eigenvalue weighted by Gasteiger charge is 2.12. The third kappa shape index (κ3) is 4.38. The van der Waals surface area contributed by atoms with E-state index in [1.54, 1.807) is 0 Å². The minimum absolute atomic E-state index is 0.0109. The van der Waals surface area contributed by atoms with Crippen LogP contribution in [0.5, 0.6) is 0 Å². The SMILES string of the molecule is CCCN(C=O)C(=O)CC(C)S. The molecule has 0 aromatic heterocycles. The van der Waals surface area contributed by atoms with Gasteiger partial charge in [0, 0.05) is 18.2 Å². The van der Waals surface area contributed by atoms with Crippen molar-refractivity contribution in [2.45, 2.75) is 31.9 Å². The van der Waals surface area contributed by atoms with Crippen molar-refractivity contribution in [1.29, 1.82) is 0 Å². The van der Waals surface area contributed by atoms with Gasteiger partial charge in [-0.05, 0) is 6.42 Å². The average Bonchev–Trinajstić information content (AvgIpc) is 1.98. The number of hydrogen-bond acceptors (Lipinski definition) is 3. The molecule has 0 aromatic rings. The fourth-order valence-corrected chi connectivity index (χ4v) is 1.00. The Kier molecular flexibility index (Phi) is 5.80. The van der Waals surface area contributed by atoms with Gasteiger partial charge >= 0.3 is 0 Å². The molecule has 0 aromatic carbocycles. The summed E-state index contributed by atoms with van der Waals surface area (Å²) in [5.74, 6) is -0.144. The number of nitrogens with zero attached hydrogens (tertiary/aromatic N) is 1. The lowest BCUT2D eigenvalue weighted by Crippen LogP contribution is -2.31. The lowest BCUT2D eigenvalue weighted by Gasteiger charge is -2.14. The minimum Gasteiger partial charge on any atom is -0.285 e. The Morgan fingerprint density at radius 1 is 1.67 bits per heavy atom. The summed E-state index contributed by atoms with van der Waals surface area (Å²) >= 11 is 4.08. The van der Waals surface area contributed by atoms with E-state index >= 15 is 0 Å². The van der Waals surface area contributed by atoms with Crippen molar-refractivity contribution in [3.05, 3.63) is 0 Å².